The number of aromatic nitrogens is 2. The van der Waals surface area contributed by atoms with E-state index < -0.39 is 11.9 Å². The van der Waals surface area contributed by atoms with Crippen molar-refractivity contribution in [2.24, 2.45) is 0 Å². The number of hydrogen-bond acceptors (Lipinski definition) is 3. The monoisotopic (exact) mass is 463 g/mol. The van der Waals surface area contributed by atoms with E-state index in [4.69, 9.17) is 16.3 Å². The highest BCUT2D eigenvalue weighted by molar-refractivity contribution is 6.30. The van der Waals surface area contributed by atoms with E-state index in [1.807, 2.05) is 24.3 Å². The summed E-state index contributed by atoms with van der Waals surface area (Å²) in [6.45, 7) is 1.62. The number of hydrogen-bond donors (Lipinski definition) is 1. The number of amides is 1. The number of alkyl halides is 3. The quantitative estimate of drug-likeness (QED) is 0.578. The van der Waals surface area contributed by atoms with Crippen LogP contribution in [0.15, 0.2) is 60.8 Å². The Morgan fingerprint density at radius 1 is 1.12 bits per heavy atom. The molecule has 0 unspecified atom stereocenters. The number of carbonyl (C=O) groups excluding carboxylic acids is 1. The third-order valence-corrected chi connectivity index (χ3v) is 5.98. The summed E-state index contributed by atoms with van der Waals surface area (Å²) >= 11 is 6.19. The Labute approximate surface area is 188 Å². The molecular weight excluding hydrogens is 443 g/mol. The largest absolute Gasteiger partial charge is 0.435 e. The van der Waals surface area contributed by atoms with Crippen molar-refractivity contribution in [3.05, 3.63) is 82.6 Å². The van der Waals surface area contributed by atoms with E-state index in [-0.39, 0.29) is 11.3 Å². The molecule has 32 heavy (non-hydrogen) atoms. The van der Waals surface area contributed by atoms with Crippen molar-refractivity contribution >= 4 is 17.5 Å². The van der Waals surface area contributed by atoms with E-state index in [1.165, 1.54) is 6.20 Å². The molecule has 1 N–H and O–H groups in total. The number of rotatable bonds is 5. The molecule has 0 atom stereocenters. The molecule has 4 rings (SSSR count). The molecule has 3 aromatic rings. The molecule has 1 saturated heterocycles. The summed E-state index contributed by atoms with van der Waals surface area (Å²) in [5.41, 5.74) is 0.647. The molecule has 1 aliphatic heterocycles. The molecule has 168 valence electrons. The summed E-state index contributed by atoms with van der Waals surface area (Å²) in [7, 11) is 0. The molecular formula is C23H21ClF3N3O2. The fourth-order valence-electron chi connectivity index (χ4n) is 3.88. The molecule has 0 saturated carbocycles. The minimum Gasteiger partial charge on any atom is -0.381 e. The second-order valence-electron chi connectivity index (χ2n) is 7.78. The van der Waals surface area contributed by atoms with Gasteiger partial charge in [0.15, 0.2) is 5.69 Å². The van der Waals surface area contributed by atoms with E-state index >= 15 is 0 Å². The lowest BCUT2D eigenvalue weighted by Gasteiger charge is -2.38. The number of halogens is 4. The summed E-state index contributed by atoms with van der Waals surface area (Å²) in [6, 6.07) is 14.8. The standard InChI is InChI=1S/C23H21ClF3N3O2/c24-18-3-1-2-17(14-18)22(9-12-32-13-10-22)15-28-21(31)16-4-6-19(7-5-16)30-11-8-20(29-30)23(25,26)27/h1-8,11,14H,9-10,12-13,15H2,(H,28,31). The number of carbonyl (C=O) groups is 1. The molecule has 2 aromatic carbocycles. The van der Waals surface area contributed by atoms with Crippen LogP contribution in [0.4, 0.5) is 13.2 Å². The summed E-state index contributed by atoms with van der Waals surface area (Å²) in [4.78, 5) is 12.8. The molecule has 9 heteroatoms. The zero-order valence-corrected chi connectivity index (χ0v) is 17.8. The lowest BCUT2D eigenvalue weighted by atomic mass is 9.74. The fourth-order valence-corrected chi connectivity index (χ4v) is 4.07. The van der Waals surface area contributed by atoms with Crippen LogP contribution in [-0.2, 0) is 16.3 Å². The highest BCUT2D eigenvalue weighted by Crippen LogP contribution is 2.35. The zero-order valence-electron chi connectivity index (χ0n) is 17.0. The van der Waals surface area contributed by atoms with Crippen LogP contribution in [0.3, 0.4) is 0 Å². The van der Waals surface area contributed by atoms with Crippen molar-refractivity contribution in [1.29, 1.82) is 0 Å². The molecule has 1 fully saturated rings. The van der Waals surface area contributed by atoms with Gasteiger partial charge in [-0.3, -0.25) is 4.79 Å². The molecule has 0 aliphatic carbocycles. The van der Waals surface area contributed by atoms with Crippen LogP contribution in [0.25, 0.3) is 5.69 Å². The molecule has 1 aromatic heterocycles. The van der Waals surface area contributed by atoms with Crippen molar-refractivity contribution in [2.75, 3.05) is 19.8 Å². The van der Waals surface area contributed by atoms with Gasteiger partial charge >= 0.3 is 6.18 Å². The minimum absolute atomic E-state index is 0.263. The third kappa shape index (κ3) is 4.81. The summed E-state index contributed by atoms with van der Waals surface area (Å²) in [5.74, 6) is -0.263. The first kappa shape index (κ1) is 22.4. The lowest BCUT2D eigenvalue weighted by Crippen LogP contribution is -2.44. The SMILES string of the molecule is O=C(NCC1(c2cccc(Cl)c2)CCOCC1)c1ccc(-n2ccc(C(F)(F)F)n2)cc1. The van der Waals surface area contributed by atoms with Gasteiger partial charge in [-0.25, -0.2) is 4.68 Å². The van der Waals surface area contributed by atoms with Crippen LogP contribution in [0.1, 0.15) is 34.5 Å². The topological polar surface area (TPSA) is 56.1 Å². The van der Waals surface area contributed by atoms with Crippen LogP contribution in [-0.4, -0.2) is 35.4 Å². The van der Waals surface area contributed by atoms with Crippen LogP contribution in [0.5, 0.6) is 0 Å². The van der Waals surface area contributed by atoms with Gasteiger partial charge in [0.05, 0.1) is 5.69 Å². The van der Waals surface area contributed by atoms with Gasteiger partial charge in [-0.05, 0) is 60.9 Å². The Hall–Kier alpha value is -2.84. The van der Waals surface area contributed by atoms with Crippen molar-refractivity contribution in [3.8, 4) is 5.69 Å². The van der Waals surface area contributed by atoms with Crippen LogP contribution in [0.2, 0.25) is 5.02 Å². The van der Waals surface area contributed by atoms with Crippen LogP contribution >= 0.6 is 11.6 Å². The maximum absolute atomic E-state index is 12.8. The van der Waals surface area contributed by atoms with Gasteiger partial charge in [0.2, 0.25) is 0 Å². The van der Waals surface area contributed by atoms with Crippen molar-refractivity contribution in [3.63, 3.8) is 0 Å². The first-order chi connectivity index (χ1) is 15.3. The maximum atomic E-state index is 12.8. The van der Waals surface area contributed by atoms with E-state index in [0.717, 1.165) is 29.2 Å². The van der Waals surface area contributed by atoms with E-state index in [1.54, 1.807) is 24.3 Å². The predicted octanol–water partition coefficient (Wildman–Crippen LogP) is 5.02. The number of nitrogens with zero attached hydrogens (tertiary/aromatic N) is 2. The maximum Gasteiger partial charge on any atom is 0.435 e. The molecule has 1 amide bonds. The molecule has 0 spiro atoms. The first-order valence-electron chi connectivity index (χ1n) is 10.1. The zero-order chi connectivity index (χ0) is 22.8. The fraction of sp³-hybridized carbons (Fsp3) is 0.304. The van der Waals surface area contributed by atoms with Crippen LogP contribution < -0.4 is 5.32 Å². The molecule has 2 heterocycles. The van der Waals surface area contributed by atoms with Gasteiger partial charge in [-0.15, -0.1) is 0 Å². The smallest absolute Gasteiger partial charge is 0.381 e. The average molecular weight is 464 g/mol. The molecule has 5 nitrogen and oxygen atoms in total. The summed E-state index contributed by atoms with van der Waals surface area (Å²) in [6.07, 6.45) is -1.76. The Balaban J connectivity index is 1.47. The third-order valence-electron chi connectivity index (χ3n) is 5.75. The predicted molar refractivity (Wildman–Crippen MR) is 114 cm³/mol. The van der Waals surface area contributed by atoms with Crippen LogP contribution in [0, 0.1) is 0 Å². The molecule has 0 radical (unpaired) electrons. The Kier molecular flexibility index (Phi) is 6.26. The second-order valence-corrected chi connectivity index (χ2v) is 8.21. The lowest BCUT2D eigenvalue weighted by molar-refractivity contribution is -0.141. The number of ether oxygens (including phenoxy) is 1. The Morgan fingerprint density at radius 2 is 1.84 bits per heavy atom. The van der Waals surface area contributed by atoms with Gasteiger partial charge in [0.1, 0.15) is 0 Å². The summed E-state index contributed by atoms with van der Waals surface area (Å²) in [5, 5.41) is 7.19. The highest BCUT2D eigenvalue weighted by Gasteiger charge is 2.35. The first-order valence-corrected chi connectivity index (χ1v) is 10.5. The minimum atomic E-state index is -4.51. The van der Waals surface area contributed by atoms with Crippen molar-refractivity contribution in [2.45, 2.75) is 24.4 Å². The number of nitrogens with one attached hydrogen (secondary N) is 1. The van der Waals surface area contributed by atoms with Gasteiger partial charge in [0.25, 0.3) is 5.91 Å². The Bertz CT molecular complexity index is 1090. The van der Waals surface area contributed by atoms with E-state index in [0.29, 0.717) is 36.0 Å². The van der Waals surface area contributed by atoms with Gasteiger partial charge < -0.3 is 10.1 Å². The molecule has 1 aliphatic rings. The van der Waals surface area contributed by atoms with Crippen molar-refractivity contribution in [1.82, 2.24) is 15.1 Å². The normalized spacial score (nSPS) is 16.0. The van der Waals surface area contributed by atoms with Crippen molar-refractivity contribution < 1.29 is 22.7 Å². The van der Waals surface area contributed by atoms with Gasteiger partial charge in [-0.2, -0.15) is 18.3 Å². The molecule has 0 bridgehead atoms. The summed E-state index contributed by atoms with van der Waals surface area (Å²) < 4.78 is 44.9. The average Bonchev–Trinajstić information content (AvgIpc) is 3.29. The Morgan fingerprint density at radius 3 is 2.47 bits per heavy atom. The van der Waals surface area contributed by atoms with Gasteiger partial charge in [0, 0.05) is 42.0 Å². The van der Waals surface area contributed by atoms with Gasteiger partial charge in [-0.1, -0.05) is 23.7 Å². The van der Waals surface area contributed by atoms with E-state index in [9.17, 15) is 18.0 Å². The van der Waals surface area contributed by atoms with E-state index in [2.05, 4.69) is 10.4 Å². The second kappa shape index (κ2) is 8.96. The highest BCUT2D eigenvalue weighted by atomic mass is 35.5. The number of benzene rings is 2.